The Morgan fingerprint density at radius 3 is 1.65 bits per heavy atom. The molecular formula is C41H28N2. The van der Waals surface area contributed by atoms with E-state index in [2.05, 4.69) is 150 Å². The molecule has 0 saturated heterocycles. The maximum absolute atomic E-state index is 4.63. The normalized spacial score (nSPS) is 11.4. The molecule has 0 aliphatic rings. The molecule has 2 nitrogen and oxygen atoms in total. The molecule has 43 heavy (non-hydrogen) atoms. The number of benzene rings is 6. The fourth-order valence-corrected chi connectivity index (χ4v) is 6.33. The number of rotatable bonds is 4. The molecule has 0 amide bonds. The number of aromatic nitrogens is 2. The quantitative estimate of drug-likeness (QED) is 0.204. The van der Waals surface area contributed by atoms with Crippen LogP contribution in [0.1, 0.15) is 5.56 Å². The molecule has 8 aromatic rings. The highest BCUT2D eigenvalue weighted by Crippen LogP contribution is 2.44. The first-order valence-corrected chi connectivity index (χ1v) is 14.6. The predicted molar refractivity (Wildman–Crippen MR) is 181 cm³/mol. The van der Waals surface area contributed by atoms with Gasteiger partial charge in [0.05, 0.1) is 5.69 Å². The minimum Gasteiger partial charge on any atom is -0.263 e. The Bertz CT molecular complexity index is 2240. The van der Waals surface area contributed by atoms with Crippen LogP contribution in [0, 0.1) is 6.92 Å². The van der Waals surface area contributed by atoms with Crippen LogP contribution in [-0.4, -0.2) is 9.97 Å². The van der Waals surface area contributed by atoms with Crippen molar-refractivity contribution in [2.45, 2.75) is 6.92 Å². The zero-order chi connectivity index (χ0) is 28.8. The summed E-state index contributed by atoms with van der Waals surface area (Å²) in [5, 5.41) is 7.51. The van der Waals surface area contributed by atoms with Crippen molar-refractivity contribution < 1.29 is 0 Å². The summed E-state index contributed by atoms with van der Waals surface area (Å²) < 4.78 is 0. The lowest BCUT2D eigenvalue weighted by atomic mass is 9.85. The Morgan fingerprint density at radius 2 is 0.977 bits per heavy atom. The summed E-state index contributed by atoms with van der Waals surface area (Å²) in [6.45, 7) is 2.05. The minimum atomic E-state index is 0.928. The average Bonchev–Trinajstić information content (AvgIpc) is 3.07. The van der Waals surface area contributed by atoms with Gasteiger partial charge in [-0.1, -0.05) is 109 Å². The van der Waals surface area contributed by atoms with E-state index in [0.717, 1.165) is 27.9 Å². The number of hydrogen-bond acceptors (Lipinski definition) is 2. The van der Waals surface area contributed by atoms with Gasteiger partial charge in [-0.05, 0) is 96.9 Å². The first-order chi connectivity index (χ1) is 21.2. The van der Waals surface area contributed by atoms with Crippen molar-refractivity contribution in [1.82, 2.24) is 9.97 Å². The summed E-state index contributed by atoms with van der Waals surface area (Å²) in [7, 11) is 0. The zero-order valence-corrected chi connectivity index (χ0v) is 23.8. The van der Waals surface area contributed by atoms with E-state index in [0.29, 0.717) is 0 Å². The number of pyridine rings is 2. The van der Waals surface area contributed by atoms with E-state index in [-0.39, 0.29) is 0 Å². The van der Waals surface area contributed by atoms with E-state index < -0.39 is 0 Å². The second-order valence-electron chi connectivity index (χ2n) is 11.2. The molecule has 202 valence electrons. The zero-order valence-electron chi connectivity index (χ0n) is 23.8. The van der Waals surface area contributed by atoms with Gasteiger partial charge < -0.3 is 0 Å². The molecule has 2 aromatic heterocycles. The third kappa shape index (κ3) is 4.45. The smallest absolute Gasteiger partial charge is 0.0717 e. The third-order valence-corrected chi connectivity index (χ3v) is 8.40. The van der Waals surface area contributed by atoms with Crippen molar-refractivity contribution in [2.24, 2.45) is 0 Å². The van der Waals surface area contributed by atoms with E-state index >= 15 is 0 Å². The maximum Gasteiger partial charge on any atom is 0.0717 e. The van der Waals surface area contributed by atoms with Crippen LogP contribution in [-0.2, 0) is 0 Å². The number of nitrogens with zero attached hydrogens (tertiary/aromatic N) is 2. The van der Waals surface area contributed by atoms with Gasteiger partial charge in [0.2, 0.25) is 0 Å². The molecule has 0 unspecified atom stereocenters. The van der Waals surface area contributed by atoms with Crippen LogP contribution in [0.25, 0.3) is 77.0 Å². The molecule has 2 heteroatoms. The number of hydrogen-bond donors (Lipinski definition) is 0. The molecule has 6 aromatic carbocycles. The van der Waals surface area contributed by atoms with Gasteiger partial charge >= 0.3 is 0 Å². The first-order valence-electron chi connectivity index (χ1n) is 14.6. The first kappa shape index (κ1) is 25.1. The lowest BCUT2D eigenvalue weighted by Gasteiger charge is -2.18. The van der Waals surface area contributed by atoms with Gasteiger partial charge in [0, 0.05) is 29.7 Å². The molecule has 0 N–H and O–H groups in total. The molecule has 0 bridgehead atoms. The molecule has 0 spiro atoms. The fraction of sp³-hybridized carbons (Fsp3) is 0.0244. The van der Waals surface area contributed by atoms with Crippen molar-refractivity contribution in [1.29, 1.82) is 0 Å². The summed E-state index contributed by atoms with van der Waals surface area (Å²) in [5.74, 6) is 0. The van der Waals surface area contributed by atoms with E-state index in [1.807, 2.05) is 18.6 Å². The Hall–Kier alpha value is -5.60. The second-order valence-corrected chi connectivity index (χ2v) is 11.2. The van der Waals surface area contributed by atoms with Gasteiger partial charge in [-0.15, -0.1) is 0 Å². The second kappa shape index (κ2) is 10.3. The van der Waals surface area contributed by atoms with E-state index in [4.69, 9.17) is 0 Å². The highest BCUT2D eigenvalue weighted by atomic mass is 14.7. The standard InChI is InChI=1S/C41H28N2/c1-27-17-20-39(43-24-27)34-23-33(25-42-26-34)30-11-8-12-31(22-30)40-35-13-4-6-15-37(35)41(38-16-7-5-14-36(38)40)32-19-18-28-9-2-3-10-29(28)21-32/h2-26H,1H3. The van der Waals surface area contributed by atoms with Crippen LogP contribution in [0.15, 0.2) is 152 Å². The number of fused-ring (bicyclic) bond motifs is 3. The number of aryl methyl sites for hydroxylation is 1. The van der Waals surface area contributed by atoms with Crippen LogP contribution in [0.2, 0.25) is 0 Å². The highest BCUT2D eigenvalue weighted by molar-refractivity contribution is 6.21. The van der Waals surface area contributed by atoms with Crippen LogP contribution in [0.4, 0.5) is 0 Å². The Balaban J connectivity index is 1.33. The maximum atomic E-state index is 4.63. The molecule has 2 heterocycles. The Labute approximate surface area is 251 Å². The van der Waals surface area contributed by atoms with Crippen molar-refractivity contribution in [3.63, 3.8) is 0 Å². The summed E-state index contributed by atoms with van der Waals surface area (Å²) >= 11 is 0. The van der Waals surface area contributed by atoms with Crippen molar-refractivity contribution >= 4 is 32.3 Å². The largest absolute Gasteiger partial charge is 0.263 e. The van der Waals surface area contributed by atoms with Crippen LogP contribution in [0.5, 0.6) is 0 Å². The predicted octanol–water partition coefficient (Wildman–Crippen LogP) is 10.9. The van der Waals surface area contributed by atoms with E-state index in [9.17, 15) is 0 Å². The van der Waals surface area contributed by atoms with Crippen LogP contribution >= 0.6 is 0 Å². The van der Waals surface area contributed by atoms with Gasteiger partial charge in [-0.3, -0.25) is 9.97 Å². The van der Waals surface area contributed by atoms with E-state index in [1.165, 1.54) is 54.6 Å². The molecule has 0 atom stereocenters. The Morgan fingerprint density at radius 1 is 0.395 bits per heavy atom. The summed E-state index contributed by atoms with van der Waals surface area (Å²) in [4.78, 5) is 9.22. The van der Waals surface area contributed by atoms with Gasteiger partial charge in [-0.2, -0.15) is 0 Å². The Kier molecular flexibility index (Phi) is 6.05. The van der Waals surface area contributed by atoms with Crippen molar-refractivity contribution in [3.05, 3.63) is 158 Å². The third-order valence-electron chi connectivity index (χ3n) is 8.40. The molecular weight excluding hydrogens is 520 g/mol. The van der Waals surface area contributed by atoms with Gasteiger partial charge in [0.1, 0.15) is 0 Å². The van der Waals surface area contributed by atoms with Gasteiger partial charge in [0.25, 0.3) is 0 Å². The molecule has 0 radical (unpaired) electrons. The van der Waals surface area contributed by atoms with E-state index in [1.54, 1.807) is 0 Å². The fourth-order valence-electron chi connectivity index (χ4n) is 6.33. The van der Waals surface area contributed by atoms with Gasteiger partial charge in [0.15, 0.2) is 0 Å². The lowest BCUT2D eigenvalue weighted by molar-refractivity contribution is 1.25. The van der Waals surface area contributed by atoms with Gasteiger partial charge in [-0.25, -0.2) is 0 Å². The average molecular weight is 549 g/mol. The summed E-state index contributed by atoms with van der Waals surface area (Å²) in [5.41, 5.74) is 10.2. The van der Waals surface area contributed by atoms with Crippen molar-refractivity contribution in [3.8, 4) is 44.6 Å². The van der Waals surface area contributed by atoms with Crippen LogP contribution in [0.3, 0.4) is 0 Å². The van der Waals surface area contributed by atoms with Crippen molar-refractivity contribution in [2.75, 3.05) is 0 Å². The topological polar surface area (TPSA) is 25.8 Å². The molecule has 0 aliphatic carbocycles. The highest BCUT2D eigenvalue weighted by Gasteiger charge is 2.17. The summed E-state index contributed by atoms with van der Waals surface area (Å²) in [6.07, 6.45) is 5.73. The summed E-state index contributed by atoms with van der Waals surface area (Å²) in [6, 6.07) is 48.2. The lowest BCUT2D eigenvalue weighted by Crippen LogP contribution is -1.91. The molecule has 0 fully saturated rings. The molecule has 0 aliphatic heterocycles. The SMILES string of the molecule is Cc1ccc(-c2cncc(-c3cccc(-c4c5ccccc5c(-c5ccc6ccccc6c5)c5ccccc45)c3)c2)nc1. The molecule has 8 rings (SSSR count). The monoisotopic (exact) mass is 548 g/mol. The minimum absolute atomic E-state index is 0.928. The van der Waals surface area contributed by atoms with Crippen LogP contribution < -0.4 is 0 Å². The molecule has 0 saturated carbocycles.